The first-order valence-corrected chi connectivity index (χ1v) is 7.81. The molecule has 0 spiro atoms. The van der Waals surface area contributed by atoms with Crippen molar-refractivity contribution in [2.75, 3.05) is 7.11 Å². The van der Waals surface area contributed by atoms with Gasteiger partial charge >= 0.3 is 0 Å². The smallest absolute Gasteiger partial charge is 0.269 e. The van der Waals surface area contributed by atoms with Crippen molar-refractivity contribution in [2.45, 2.75) is 11.8 Å². The van der Waals surface area contributed by atoms with Crippen molar-refractivity contribution in [3.8, 4) is 5.88 Å². The van der Waals surface area contributed by atoms with Crippen molar-refractivity contribution >= 4 is 21.1 Å². The van der Waals surface area contributed by atoms with Crippen LogP contribution < -0.4 is 4.74 Å². The maximum Gasteiger partial charge on any atom is 0.269 e. The summed E-state index contributed by atoms with van der Waals surface area (Å²) in [5.74, 6) is 0.376. The third-order valence-corrected chi connectivity index (χ3v) is 4.95. The number of aryl methyl sites for hydroxylation is 1. The minimum atomic E-state index is -3.67. The quantitative estimate of drug-likeness (QED) is 0.746. The van der Waals surface area contributed by atoms with E-state index in [4.69, 9.17) is 4.74 Å². The highest BCUT2D eigenvalue weighted by atomic mass is 32.2. The first-order chi connectivity index (χ1) is 10.0. The molecule has 0 saturated heterocycles. The fourth-order valence-corrected chi connectivity index (χ4v) is 3.40. The fraction of sp³-hybridized carbons (Fsp3) is 0.133. The largest absolute Gasteiger partial charge is 0.481 e. The molecule has 2 aromatic heterocycles. The highest BCUT2D eigenvalue weighted by Crippen LogP contribution is 2.23. The van der Waals surface area contributed by atoms with Crippen molar-refractivity contribution in [1.29, 1.82) is 0 Å². The van der Waals surface area contributed by atoms with Crippen molar-refractivity contribution in [1.82, 2.24) is 8.96 Å². The lowest BCUT2D eigenvalue weighted by molar-refractivity contribution is 0.399. The van der Waals surface area contributed by atoms with E-state index in [1.54, 1.807) is 42.5 Å². The van der Waals surface area contributed by atoms with Gasteiger partial charge in [0, 0.05) is 17.6 Å². The molecule has 3 rings (SSSR count). The number of hydrogen-bond donors (Lipinski definition) is 0. The van der Waals surface area contributed by atoms with Crippen LogP contribution in [0.5, 0.6) is 5.88 Å². The Bertz CT molecular complexity index is 896. The molecule has 5 nitrogen and oxygen atoms in total. The summed E-state index contributed by atoms with van der Waals surface area (Å²) in [5.41, 5.74) is 1.36. The van der Waals surface area contributed by atoms with Crippen molar-refractivity contribution in [2.24, 2.45) is 0 Å². The SMILES string of the molecule is COc1ccc2ccn(S(=O)(=O)c3ccc(C)cc3)c2n1. The van der Waals surface area contributed by atoms with Gasteiger partial charge in [-0.15, -0.1) is 0 Å². The van der Waals surface area contributed by atoms with E-state index < -0.39 is 10.0 Å². The van der Waals surface area contributed by atoms with E-state index in [-0.39, 0.29) is 4.90 Å². The molecule has 0 fully saturated rings. The predicted octanol–water partition coefficient (Wildman–Crippen LogP) is 2.59. The van der Waals surface area contributed by atoms with Gasteiger partial charge in [0.1, 0.15) is 0 Å². The molecular formula is C15H14N2O3S. The van der Waals surface area contributed by atoms with Crippen molar-refractivity contribution in [3.05, 3.63) is 54.2 Å². The second-order valence-corrected chi connectivity index (χ2v) is 6.51. The molecule has 21 heavy (non-hydrogen) atoms. The number of rotatable bonds is 3. The van der Waals surface area contributed by atoms with Gasteiger partial charge in [-0.25, -0.2) is 12.4 Å². The topological polar surface area (TPSA) is 61.2 Å². The summed E-state index contributed by atoms with van der Waals surface area (Å²) in [5, 5.41) is 0.742. The Morgan fingerprint density at radius 1 is 1.05 bits per heavy atom. The van der Waals surface area contributed by atoms with E-state index >= 15 is 0 Å². The second kappa shape index (κ2) is 4.89. The molecule has 0 amide bonds. The molecule has 0 aliphatic carbocycles. The van der Waals surface area contributed by atoms with Gasteiger partial charge in [-0.3, -0.25) is 0 Å². The summed E-state index contributed by atoms with van der Waals surface area (Å²) in [4.78, 5) is 4.46. The van der Waals surface area contributed by atoms with Gasteiger partial charge in [-0.05, 0) is 31.2 Å². The third-order valence-electron chi connectivity index (χ3n) is 3.26. The molecule has 0 aliphatic rings. The van der Waals surface area contributed by atoms with Crippen LogP contribution in [0, 0.1) is 6.92 Å². The van der Waals surface area contributed by atoms with Crippen LogP contribution in [-0.2, 0) is 10.0 Å². The van der Waals surface area contributed by atoms with Crippen LogP contribution in [0.2, 0.25) is 0 Å². The first-order valence-electron chi connectivity index (χ1n) is 6.37. The molecule has 0 bridgehead atoms. The molecule has 3 aromatic rings. The summed E-state index contributed by atoms with van der Waals surface area (Å²) in [7, 11) is -2.17. The van der Waals surface area contributed by atoms with E-state index in [2.05, 4.69) is 4.98 Å². The number of fused-ring (bicyclic) bond motifs is 1. The number of methoxy groups -OCH3 is 1. The Labute approximate surface area is 122 Å². The van der Waals surface area contributed by atoms with Crippen LogP contribution in [0.1, 0.15) is 5.56 Å². The van der Waals surface area contributed by atoms with Gasteiger partial charge < -0.3 is 4.74 Å². The van der Waals surface area contributed by atoms with Gasteiger partial charge in [-0.2, -0.15) is 4.98 Å². The monoisotopic (exact) mass is 302 g/mol. The summed E-state index contributed by atoms with van der Waals surface area (Å²) < 4.78 is 31.6. The normalized spacial score (nSPS) is 11.7. The average molecular weight is 302 g/mol. The standard InChI is InChI=1S/C15H14N2O3S/c1-11-3-6-13(7-4-11)21(18,19)17-10-9-12-5-8-14(20-2)16-15(12)17/h3-10H,1-2H3. The molecule has 0 atom stereocenters. The minimum Gasteiger partial charge on any atom is -0.481 e. The maximum atomic E-state index is 12.7. The summed E-state index contributed by atoms with van der Waals surface area (Å²) in [6.07, 6.45) is 1.51. The van der Waals surface area contributed by atoms with Crippen LogP contribution in [0.25, 0.3) is 11.0 Å². The molecule has 0 saturated carbocycles. The summed E-state index contributed by atoms with van der Waals surface area (Å²) in [6, 6.07) is 11.9. The second-order valence-electron chi connectivity index (χ2n) is 4.70. The van der Waals surface area contributed by atoms with Gasteiger partial charge in [0.05, 0.1) is 12.0 Å². The molecule has 6 heteroatoms. The third kappa shape index (κ3) is 2.27. The lowest BCUT2D eigenvalue weighted by Gasteiger charge is -2.08. The van der Waals surface area contributed by atoms with Crippen molar-refractivity contribution < 1.29 is 13.2 Å². The molecule has 0 N–H and O–H groups in total. The van der Waals surface area contributed by atoms with Crippen LogP contribution >= 0.6 is 0 Å². The highest BCUT2D eigenvalue weighted by Gasteiger charge is 2.19. The summed E-state index contributed by atoms with van der Waals surface area (Å²) in [6.45, 7) is 1.91. The van der Waals surface area contributed by atoms with Gasteiger partial charge in [-0.1, -0.05) is 17.7 Å². The Kier molecular flexibility index (Phi) is 3.17. The number of aromatic nitrogens is 2. The van der Waals surface area contributed by atoms with E-state index in [0.717, 1.165) is 10.9 Å². The fourth-order valence-electron chi connectivity index (χ4n) is 2.10. The first kappa shape index (κ1) is 13.6. The molecule has 0 unspecified atom stereocenters. The molecular weight excluding hydrogens is 288 g/mol. The molecule has 0 radical (unpaired) electrons. The number of ether oxygens (including phenoxy) is 1. The Morgan fingerprint density at radius 3 is 2.43 bits per heavy atom. The highest BCUT2D eigenvalue weighted by molar-refractivity contribution is 7.90. The number of pyridine rings is 1. The molecule has 108 valence electrons. The zero-order valence-electron chi connectivity index (χ0n) is 11.6. The summed E-state index contributed by atoms with van der Waals surface area (Å²) >= 11 is 0. The molecule has 2 heterocycles. The molecule has 0 aliphatic heterocycles. The Morgan fingerprint density at radius 2 is 1.76 bits per heavy atom. The van der Waals surface area contributed by atoms with Crippen LogP contribution in [0.15, 0.2) is 53.6 Å². The van der Waals surface area contributed by atoms with Crippen LogP contribution in [0.3, 0.4) is 0 Å². The zero-order valence-corrected chi connectivity index (χ0v) is 12.5. The van der Waals surface area contributed by atoms with Crippen LogP contribution in [0.4, 0.5) is 0 Å². The lowest BCUT2D eigenvalue weighted by atomic mass is 10.2. The van der Waals surface area contributed by atoms with E-state index in [1.165, 1.54) is 17.3 Å². The van der Waals surface area contributed by atoms with Gasteiger partial charge in [0.2, 0.25) is 5.88 Å². The zero-order chi connectivity index (χ0) is 15.0. The maximum absolute atomic E-state index is 12.7. The average Bonchev–Trinajstić information content (AvgIpc) is 2.91. The van der Waals surface area contributed by atoms with E-state index in [0.29, 0.717) is 11.5 Å². The van der Waals surface area contributed by atoms with E-state index in [1.807, 2.05) is 6.92 Å². The number of hydrogen-bond acceptors (Lipinski definition) is 4. The lowest BCUT2D eigenvalue weighted by Crippen LogP contribution is -2.12. The number of benzene rings is 1. The van der Waals surface area contributed by atoms with Gasteiger partial charge in [0.15, 0.2) is 5.65 Å². The Hall–Kier alpha value is -2.34. The Balaban J connectivity index is 2.21. The van der Waals surface area contributed by atoms with E-state index in [9.17, 15) is 8.42 Å². The van der Waals surface area contributed by atoms with Gasteiger partial charge in [0.25, 0.3) is 10.0 Å². The van der Waals surface area contributed by atoms with Crippen molar-refractivity contribution in [3.63, 3.8) is 0 Å². The minimum absolute atomic E-state index is 0.232. The number of nitrogens with zero attached hydrogens (tertiary/aromatic N) is 2. The predicted molar refractivity (Wildman–Crippen MR) is 80.0 cm³/mol. The molecule has 1 aromatic carbocycles. The van der Waals surface area contributed by atoms with Crippen LogP contribution in [-0.4, -0.2) is 24.5 Å².